The molecule has 0 aliphatic carbocycles. The highest BCUT2D eigenvalue weighted by molar-refractivity contribution is 7.98. The van der Waals surface area contributed by atoms with Gasteiger partial charge in [-0.1, -0.05) is 65.3 Å². The van der Waals surface area contributed by atoms with Crippen molar-refractivity contribution in [3.63, 3.8) is 0 Å². The number of aromatic nitrogens is 2. The Labute approximate surface area is 113 Å². The van der Waals surface area contributed by atoms with Crippen LogP contribution >= 0.6 is 35.0 Å². The molecule has 0 aliphatic rings. The molecule has 1 heterocycles. The number of halogens is 2. The van der Waals surface area contributed by atoms with Gasteiger partial charge in [0.25, 0.3) is 0 Å². The summed E-state index contributed by atoms with van der Waals surface area (Å²) in [5, 5.41) is 0.916. The van der Waals surface area contributed by atoms with E-state index >= 15 is 0 Å². The fourth-order valence-corrected chi connectivity index (χ4v) is 2.47. The van der Waals surface area contributed by atoms with Crippen molar-refractivity contribution in [1.82, 2.24) is 9.97 Å². The van der Waals surface area contributed by atoms with Crippen LogP contribution in [0.1, 0.15) is 5.56 Å². The van der Waals surface area contributed by atoms with Crippen molar-refractivity contribution in [2.75, 3.05) is 5.73 Å². The largest absolute Gasteiger partial charge is 0.394 e. The van der Waals surface area contributed by atoms with Crippen LogP contribution in [0.2, 0.25) is 10.3 Å². The van der Waals surface area contributed by atoms with Gasteiger partial charge >= 0.3 is 0 Å². The number of rotatable bonds is 3. The van der Waals surface area contributed by atoms with Crippen LogP contribution in [0.25, 0.3) is 0 Å². The normalized spacial score (nSPS) is 10.5. The fraction of sp³-hybridized carbons (Fsp3) is 0.0909. The zero-order valence-corrected chi connectivity index (χ0v) is 11.1. The van der Waals surface area contributed by atoms with Crippen molar-refractivity contribution in [2.24, 2.45) is 0 Å². The Bertz CT molecular complexity index is 496. The highest BCUT2D eigenvalue weighted by atomic mass is 35.5. The van der Waals surface area contributed by atoms with E-state index in [2.05, 4.69) is 9.97 Å². The van der Waals surface area contributed by atoms with Crippen molar-refractivity contribution in [1.29, 1.82) is 0 Å². The Balaban J connectivity index is 2.10. The molecule has 0 saturated heterocycles. The summed E-state index contributed by atoms with van der Waals surface area (Å²) in [6, 6.07) is 10.0. The molecule has 0 fully saturated rings. The van der Waals surface area contributed by atoms with Crippen molar-refractivity contribution < 1.29 is 0 Å². The molecule has 0 amide bonds. The van der Waals surface area contributed by atoms with Gasteiger partial charge in [-0.2, -0.15) is 0 Å². The lowest BCUT2D eigenvalue weighted by Crippen LogP contribution is -1.96. The summed E-state index contributed by atoms with van der Waals surface area (Å²) in [6.07, 6.45) is 0. The lowest BCUT2D eigenvalue weighted by Gasteiger charge is -2.04. The Morgan fingerprint density at radius 3 is 2.24 bits per heavy atom. The van der Waals surface area contributed by atoms with Crippen LogP contribution in [-0.4, -0.2) is 9.97 Å². The first-order valence-electron chi connectivity index (χ1n) is 4.82. The molecule has 1 aromatic heterocycles. The Hall–Kier alpha value is -0.970. The summed E-state index contributed by atoms with van der Waals surface area (Å²) in [4.78, 5) is 8.11. The average molecular weight is 286 g/mol. The molecule has 17 heavy (non-hydrogen) atoms. The number of hydrogen-bond acceptors (Lipinski definition) is 4. The molecule has 2 aromatic rings. The highest BCUT2D eigenvalue weighted by Crippen LogP contribution is 2.28. The molecule has 0 bridgehead atoms. The summed E-state index contributed by atoms with van der Waals surface area (Å²) in [6.45, 7) is 0. The number of anilines is 1. The van der Waals surface area contributed by atoms with Crippen LogP contribution in [0.3, 0.4) is 0 Å². The molecule has 1 aromatic carbocycles. The number of nitrogens with two attached hydrogens (primary N) is 1. The molecular weight excluding hydrogens is 277 g/mol. The SMILES string of the molecule is Nc1c(Cl)nc(SCc2ccccc2)nc1Cl. The quantitative estimate of drug-likeness (QED) is 0.531. The first kappa shape index (κ1) is 12.5. The summed E-state index contributed by atoms with van der Waals surface area (Å²) >= 11 is 13.1. The Morgan fingerprint density at radius 1 is 1.06 bits per heavy atom. The van der Waals surface area contributed by atoms with Gasteiger partial charge in [-0.25, -0.2) is 9.97 Å². The summed E-state index contributed by atoms with van der Waals surface area (Å²) in [7, 11) is 0. The summed E-state index contributed by atoms with van der Waals surface area (Å²) in [5.74, 6) is 0.761. The van der Waals surface area contributed by atoms with Crippen molar-refractivity contribution in [3.8, 4) is 0 Å². The molecule has 0 radical (unpaired) electrons. The second-order valence-corrected chi connectivity index (χ2v) is 4.93. The van der Waals surface area contributed by atoms with Gasteiger partial charge < -0.3 is 5.73 Å². The number of benzene rings is 1. The summed E-state index contributed by atoms with van der Waals surface area (Å²) < 4.78 is 0. The highest BCUT2D eigenvalue weighted by Gasteiger charge is 2.08. The summed E-state index contributed by atoms with van der Waals surface area (Å²) in [5.41, 5.74) is 6.97. The van der Waals surface area contributed by atoms with E-state index in [-0.39, 0.29) is 16.0 Å². The zero-order valence-electron chi connectivity index (χ0n) is 8.73. The smallest absolute Gasteiger partial charge is 0.190 e. The third-order valence-corrected chi connectivity index (χ3v) is 3.54. The van der Waals surface area contributed by atoms with E-state index < -0.39 is 0 Å². The maximum Gasteiger partial charge on any atom is 0.190 e. The fourth-order valence-electron chi connectivity index (χ4n) is 1.19. The minimum absolute atomic E-state index is 0.195. The lowest BCUT2D eigenvalue weighted by atomic mass is 10.2. The Morgan fingerprint density at radius 2 is 1.65 bits per heavy atom. The maximum atomic E-state index is 5.83. The third-order valence-electron chi connectivity index (χ3n) is 2.04. The van der Waals surface area contributed by atoms with E-state index in [0.717, 1.165) is 5.75 Å². The minimum Gasteiger partial charge on any atom is -0.394 e. The molecule has 0 saturated carbocycles. The van der Waals surface area contributed by atoms with Gasteiger partial charge in [0, 0.05) is 5.75 Å². The van der Waals surface area contributed by atoms with Gasteiger partial charge in [-0.15, -0.1) is 0 Å². The van der Waals surface area contributed by atoms with Crippen LogP contribution in [0, 0.1) is 0 Å². The Kier molecular flexibility index (Phi) is 4.10. The first-order valence-corrected chi connectivity index (χ1v) is 6.56. The van der Waals surface area contributed by atoms with Crippen LogP contribution < -0.4 is 5.73 Å². The van der Waals surface area contributed by atoms with Gasteiger partial charge in [-0.3, -0.25) is 0 Å². The van der Waals surface area contributed by atoms with Gasteiger partial charge in [0.1, 0.15) is 5.69 Å². The second-order valence-electron chi connectivity index (χ2n) is 3.28. The van der Waals surface area contributed by atoms with Gasteiger partial charge in [0.2, 0.25) is 0 Å². The monoisotopic (exact) mass is 285 g/mol. The minimum atomic E-state index is 0.195. The van der Waals surface area contributed by atoms with E-state index in [9.17, 15) is 0 Å². The van der Waals surface area contributed by atoms with Gasteiger partial charge in [0.15, 0.2) is 15.5 Å². The molecule has 88 valence electrons. The molecule has 0 unspecified atom stereocenters. The zero-order chi connectivity index (χ0) is 12.3. The molecule has 6 heteroatoms. The molecule has 3 nitrogen and oxygen atoms in total. The molecule has 0 spiro atoms. The number of hydrogen-bond donors (Lipinski definition) is 1. The molecular formula is C11H9Cl2N3S. The van der Waals surface area contributed by atoms with E-state index in [1.54, 1.807) is 0 Å². The number of nitrogens with zero attached hydrogens (tertiary/aromatic N) is 2. The molecule has 2 rings (SSSR count). The van der Waals surface area contributed by atoms with Gasteiger partial charge in [-0.05, 0) is 5.56 Å². The standard InChI is InChI=1S/C11H9Cl2N3S/c12-9-8(14)10(13)16-11(15-9)17-6-7-4-2-1-3-5-7/h1-5H,6,14H2. The lowest BCUT2D eigenvalue weighted by molar-refractivity contribution is 0.971. The molecule has 0 atom stereocenters. The van der Waals surface area contributed by atoms with E-state index in [4.69, 9.17) is 28.9 Å². The average Bonchev–Trinajstić information content (AvgIpc) is 2.34. The van der Waals surface area contributed by atoms with E-state index in [1.165, 1.54) is 17.3 Å². The maximum absolute atomic E-state index is 5.83. The molecule has 0 aliphatic heterocycles. The van der Waals surface area contributed by atoms with E-state index in [1.807, 2.05) is 30.3 Å². The third kappa shape index (κ3) is 3.25. The predicted octanol–water partition coefficient (Wildman–Crippen LogP) is 3.66. The van der Waals surface area contributed by atoms with Crippen LogP contribution in [-0.2, 0) is 5.75 Å². The van der Waals surface area contributed by atoms with Crippen molar-refractivity contribution in [3.05, 3.63) is 46.2 Å². The van der Waals surface area contributed by atoms with Crippen LogP contribution in [0.5, 0.6) is 0 Å². The first-order chi connectivity index (χ1) is 8.16. The van der Waals surface area contributed by atoms with E-state index in [0.29, 0.717) is 5.16 Å². The van der Waals surface area contributed by atoms with Gasteiger partial charge in [0.05, 0.1) is 0 Å². The van der Waals surface area contributed by atoms with Crippen LogP contribution in [0.4, 0.5) is 5.69 Å². The molecule has 2 N–H and O–H groups in total. The number of nitrogen functional groups attached to an aromatic ring is 1. The second kappa shape index (κ2) is 5.58. The van der Waals surface area contributed by atoms with Crippen LogP contribution in [0.15, 0.2) is 35.5 Å². The van der Waals surface area contributed by atoms with Crippen molar-refractivity contribution >= 4 is 40.7 Å². The van der Waals surface area contributed by atoms with Crippen molar-refractivity contribution in [2.45, 2.75) is 10.9 Å². The topological polar surface area (TPSA) is 51.8 Å². The number of thioether (sulfide) groups is 1. The predicted molar refractivity (Wildman–Crippen MR) is 72.5 cm³/mol.